The third-order valence-electron chi connectivity index (χ3n) is 2.82. The minimum absolute atomic E-state index is 0.00649. The highest BCUT2D eigenvalue weighted by Crippen LogP contribution is 2.26. The lowest BCUT2D eigenvalue weighted by Gasteiger charge is -2.15. The SMILES string of the molecule is C[C@H](Sc1nnc(-c2cccc(Br)c2)n1N)C(=O)N(C)C. The van der Waals surface area contributed by atoms with E-state index in [1.54, 1.807) is 19.0 Å². The van der Waals surface area contributed by atoms with Gasteiger partial charge in [0.2, 0.25) is 11.1 Å². The van der Waals surface area contributed by atoms with Crippen molar-refractivity contribution in [1.82, 2.24) is 19.8 Å². The van der Waals surface area contributed by atoms with Crippen LogP contribution < -0.4 is 5.84 Å². The van der Waals surface area contributed by atoms with E-state index in [1.807, 2.05) is 31.2 Å². The van der Waals surface area contributed by atoms with Crippen molar-refractivity contribution in [2.45, 2.75) is 17.3 Å². The molecule has 21 heavy (non-hydrogen) atoms. The maximum absolute atomic E-state index is 11.9. The lowest BCUT2D eigenvalue weighted by Crippen LogP contribution is -2.30. The third-order valence-corrected chi connectivity index (χ3v) is 4.36. The highest BCUT2D eigenvalue weighted by Gasteiger charge is 2.20. The summed E-state index contributed by atoms with van der Waals surface area (Å²) in [6.07, 6.45) is 0. The molecule has 1 aromatic heterocycles. The van der Waals surface area contributed by atoms with Crippen molar-refractivity contribution in [2.24, 2.45) is 0 Å². The van der Waals surface area contributed by atoms with Crippen LogP contribution >= 0.6 is 27.7 Å². The third kappa shape index (κ3) is 3.56. The Kier molecular flexibility index (Phi) is 4.89. The minimum atomic E-state index is -0.276. The molecule has 0 saturated heterocycles. The lowest BCUT2D eigenvalue weighted by molar-refractivity contribution is -0.127. The molecule has 2 N–H and O–H groups in total. The van der Waals surface area contributed by atoms with E-state index in [1.165, 1.54) is 16.4 Å². The van der Waals surface area contributed by atoms with E-state index in [0.717, 1.165) is 10.0 Å². The Bertz CT molecular complexity index is 658. The van der Waals surface area contributed by atoms with Crippen molar-refractivity contribution in [3.63, 3.8) is 0 Å². The number of amides is 1. The number of thioether (sulfide) groups is 1. The monoisotopic (exact) mass is 369 g/mol. The van der Waals surface area contributed by atoms with Gasteiger partial charge in [0.25, 0.3) is 0 Å². The van der Waals surface area contributed by atoms with Gasteiger partial charge in [-0.3, -0.25) is 4.79 Å². The molecule has 0 fully saturated rings. The van der Waals surface area contributed by atoms with Gasteiger partial charge in [-0.2, -0.15) is 0 Å². The van der Waals surface area contributed by atoms with Crippen LogP contribution in [0.5, 0.6) is 0 Å². The van der Waals surface area contributed by atoms with Gasteiger partial charge in [0, 0.05) is 24.1 Å². The first-order valence-corrected chi connectivity index (χ1v) is 7.91. The normalized spacial score (nSPS) is 12.2. The Balaban J connectivity index is 2.23. The van der Waals surface area contributed by atoms with Crippen LogP contribution in [0, 0.1) is 0 Å². The molecule has 0 aliphatic heterocycles. The summed E-state index contributed by atoms with van der Waals surface area (Å²) in [4.78, 5) is 13.4. The van der Waals surface area contributed by atoms with Crippen LogP contribution in [0.15, 0.2) is 33.9 Å². The molecule has 0 unspecified atom stereocenters. The quantitative estimate of drug-likeness (QED) is 0.658. The van der Waals surface area contributed by atoms with E-state index in [0.29, 0.717) is 11.0 Å². The number of carbonyl (C=O) groups is 1. The Morgan fingerprint density at radius 1 is 1.43 bits per heavy atom. The summed E-state index contributed by atoms with van der Waals surface area (Å²) < 4.78 is 2.35. The predicted octanol–water partition coefficient (Wildman–Crippen LogP) is 1.99. The molecule has 0 spiro atoms. The summed E-state index contributed by atoms with van der Waals surface area (Å²) in [5.74, 6) is 6.61. The Hall–Kier alpha value is -1.54. The number of nitrogen functional groups attached to an aromatic ring is 1. The summed E-state index contributed by atoms with van der Waals surface area (Å²) in [5, 5.41) is 8.41. The molecule has 8 heteroatoms. The van der Waals surface area contributed by atoms with Crippen LogP contribution in [0.2, 0.25) is 0 Å². The molecule has 2 aromatic rings. The molecule has 0 radical (unpaired) electrons. The predicted molar refractivity (Wildman–Crippen MR) is 87.3 cm³/mol. The largest absolute Gasteiger partial charge is 0.348 e. The standard InChI is InChI=1S/C13H16BrN5OS/c1-8(12(20)18(2)3)21-13-17-16-11(19(13)15)9-5-4-6-10(14)7-9/h4-8H,15H2,1-3H3/t8-/m0/s1. The van der Waals surface area contributed by atoms with E-state index in [4.69, 9.17) is 5.84 Å². The van der Waals surface area contributed by atoms with E-state index < -0.39 is 0 Å². The molecular formula is C13H16BrN5OS. The van der Waals surface area contributed by atoms with Gasteiger partial charge in [0.05, 0.1) is 5.25 Å². The molecule has 2 rings (SSSR count). The molecule has 1 aromatic carbocycles. The van der Waals surface area contributed by atoms with Gasteiger partial charge in [-0.1, -0.05) is 39.8 Å². The zero-order chi connectivity index (χ0) is 15.6. The summed E-state index contributed by atoms with van der Waals surface area (Å²) in [7, 11) is 3.44. The smallest absolute Gasteiger partial charge is 0.235 e. The van der Waals surface area contributed by atoms with Crippen molar-refractivity contribution in [1.29, 1.82) is 0 Å². The second-order valence-electron chi connectivity index (χ2n) is 4.68. The van der Waals surface area contributed by atoms with Crippen LogP contribution in [0.1, 0.15) is 6.92 Å². The average Bonchev–Trinajstić information content (AvgIpc) is 2.79. The lowest BCUT2D eigenvalue weighted by atomic mass is 10.2. The van der Waals surface area contributed by atoms with Gasteiger partial charge in [-0.05, 0) is 19.1 Å². The number of hydrogen-bond donors (Lipinski definition) is 1. The van der Waals surface area contributed by atoms with Crippen molar-refractivity contribution in [3.8, 4) is 11.4 Å². The molecule has 112 valence electrons. The first-order valence-electron chi connectivity index (χ1n) is 6.24. The molecule has 0 bridgehead atoms. The second kappa shape index (κ2) is 6.48. The van der Waals surface area contributed by atoms with Gasteiger partial charge in [0.1, 0.15) is 0 Å². The Labute approximate surface area is 135 Å². The molecule has 1 atom stereocenters. The second-order valence-corrected chi connectivity index (χ2v) is 6.90. The number of carbonyl (C=O) groups excluding carboxylic acids is 1. The molecule has 0 aliphatic rings. The van der Waals surface area contributed by atoms with E-state index in [2.05, 4.69) is 26.1 Å². The van der Waals surface area contributed by atoms with Gasteiger partial charge in [-0.25, -0.2) is 4.68 Å². The van der Waals surface area contributed by atoms with Crippen LogP contribution in [-0.4, -0.2) is 45.0 Å². The minimum Gasteiger partial charge on any atom is -0.348 e. The van der Waals surface area contributed by atoms with Gasteiger partial charge < -0.3 is 10.7 Å². The zero-order valence-corrected chi connectivity index (χ0v) is 14.3. The van der Waals surface area contributed by atoms with Crippen molar-refractivity contribution >= 4 is 33.6 Å². The zero-order valence-electron chi connectivity index (χ0n) is 11.9. The maximum atomic E-state index is 11.9. The first kappa shape index (κ1) is 15.8. The molecule has 0 aliphatic carbocycles. The molecule has 1 heterocycles. The van der Waals surface area contributed by atoms with Crippen molar-refractivity contribution in [2.75, 3.05) is 19.9 Å². The molecule has 0 saturated carbocycles. The van der Waals surface area contributed by atoms with Gasteiger partial charge in [-0.15, -0.1) is 10.2 Å². The van der Waals surface area contributed by atoms with E-state index in [9.17, 15) is 4.79 Å². The van der Waals surface area contributed by atoms with Crippen LogP contribution in [0.3, 0.4) is 0 Å². The Morgan fingerprint density at radius 3 is 2.76 bits per heavy atom. The fourth-order valence-electron chi connectivity index (χ4n) is 1.75. The van der Waals surface area contributed by atoms with Crippen LogP contribution in [0.25, 0.3) is 11.4 Å². The maximum Gasteiger partial charge on any atom is 0.235 e. The average molecular weight is 370 g/mol. The van der Waals surface area contributed by atoms with Gasteiger partial charge >= 0.3 is 0 Å². The van der Waals surface area contributed by atoms with Crippen molar-refractivity contribution < 1.29 is 4.79 Å². The number of aromatic nitrogens is 3. The number of benzene rings is 1. The fraction of sp³-hybridized carbons (Fsp3) is 0.308. The number of nitrogens with zero attached hydrogens (tertiary/aromatic N) is 4. The summed E-state index contributed by atoms with van der Waals surface area (Å²) in [5.41, 5.74) is 0.859. The number of nitrogens with two attached hydrogens (primary N) is 1. The topological polar surface area (TPSA) is 77.0 Å². The van der Waals surface area contributed by atoms with Crippen molar-refractivity contribution in [3.05, 3.63) is 28.7 Å². The van der Waals surface area contributed by atoms with E-state index in [-0.39, 0.29) is 11.2 Å². The number of halogens is 1. The number of rotatable bonds is 4. The summed E-state index contributed by atoms with van der Waals surface area (Å²) in [6, 6.07) is 7.64. The number of hydrogen-bond acceptors (Lipinski definition) is 5. The van der Waals surface area contributed by atoms with Crippen LogP contribution in [0.4, 0.5) is 0 Å². The molecular weight excluding hydrogens is 354 g/mol. The molecule has 6 nitrogen and oxygen atoms in total. The Morgan fingerprint density at radius 2 is 2.14 bits per heavy atom. The van der Waals surface area contributed by atoms with Gasteiger partial charge in [0.15, 0.2) is 5.82 Å². The van der Waals surface area contributed by atoms with E-state index >= 15 is 0 Å². The highest BCUT2D eigenvalue weighted by molar-refractivity contribution is 9.10. The summed E-state index contributed by atoms with van der Waals surface area (Å²) >= 11 is 4.70. The fourth-order valence-corrected chi connectivity index (χ4v) is 3.07. The van der Waals surface area contributed by atoms with Crippen LogP contribution in [-0.2, 0) is 4.79 Å². The first-order chi connectivity index (χ1) is 9.90. The molecule has 1 amide bonds. The summed E-state index contributed by atoms with van der Waals surface area (Å²) in [6.45, 7) is 1.82. The highest BCUT2D eigenvalue weighted by atomic mass is 79.9.